The van der Waals surface area contributed by atoms with E-state index >= 15 is 0 Å². The van der Waals surface area contributed by atoms with E-state index in [1.54, 1.807) is 35.8 Å². The van der Waals surface area contributed by atoms with Gasteiger partial charge in [-0.25, -0.2) is 13.4 Å². The van der Waals surface area contributed by atoms with Crippen LogP contribution in [0.25, 0.3) is 0 Å². The SMILES string of the molecule is Cc1ccccc1Nc1ccc(NS(=O)(=O)c2cccs2)nc1. The molecule has 0 bridgehead atoms. The molecule has 2 N–H and O–H groups in total. The van der Waals surface area contributed by atoms with E-state index in [2.05, 4.69) is 15.0 Å². The monoisotopic (exact) mass is 345 g/mol. The van der Waals surface area contributed by atoms with Crippen molar-refractivity contribution >= 4 is 38.6 Å². The van der Waals surface area contributed by atoms with Crippen LogP contribution in [0.1, 0.15) is 5.56 Å². The molecule has 0 amide bonds. The van der Waals surface area contributed by atoms with Gasteiger partial charge in [-0.2, -0.15) is 0 Å². The molecule has 0 fully saturated rings. The highest BCUT2D eigenvalue weighted by Gasteiger charge is 2.15. The van der Waals surface area contributed by atoms with Crippen molar-refractivity contribution in [3.05, 3.63) is 65.7 Å². The van der Waals surface area contributed by atoms with E-state index in [4.69, 9.17) is 0 Å². The van der Waals surface area contributed by atoms with Gasteiger partial charge in [0, 0.05) is 5.69 Å². The lowest BCUT2D eigenvalue weighted by molar-refractivity contribution is 0.603. The number of sulfonamides is 1. The van der Waals surface area contributed by atoms with Crippen LogP contribution in [0.5, 0.6) is 0 Å². The van der Waals surface area contributed by atoms with E-state index in [1.165, 1.54) is 11.3 Å². The summed E-state index contributed by atoms with van der Waals surface area (Å²) in [5.74, 6) is 0.286. The quantitative estimate of drug-likeness (QED) is 0.733. The van der Waals surface area contributed by atoms with Crippen molar-refractivity contribution in [2.24, 2.45) is 0 Å². The molecule has 2 aromatic heterocycles. The molecule has 1 aromatic carbocycles. The Hall–Kier alpha value is -2.38. The number of thiophene rings is 1. The molecule has 0 aliphatic carbocycles. The third-order valence-electron chi connectivity index (χ3n) is 3.19. The average molecular weight is 345 g/mol. The summed E-state index contributed by atoms with van der Waals surface area (Å²) in [5.41, 5.74) is 2.90. The molecule has 2 heterocycles. The van der Waals surface area contributed by atoms with Crippen LogP contribution < -0.4 is 10.0 Å². The maximum Gasteiger partial charge on any atom is 0.272 e. The van der Waals surface area contributed by atoms with E-state index in [0.29, 0.717) is 0 Å². The zero-order valence-electron chi connectivity index (χ0n) is 12.4. The van der Waals surface area contributed by atoms with Gasteiger partial charge in [0.25, 0.3) is 10.0 Å². The first-order chi connectivity index (χ1) is 11.0. The molecule has 0 unspecified atom stereocenters. The zero-order valence-corrected chi connectivity index (χ0v) is 14.0. The van der Waals surface area contributed by atoms with Gasteiger partial charge in [0.05, 0.1) is 11.9 Å². The average Bonchev–Trinajstić information content (AvgIpc) is 3.06. The molecule has 3 aromatic rings. The number of nitrogens with one attached hydrogen (secondary N) is 2. The van der Waals surface area contributed by atoms with E-state index in [-0.39, 0.29) is 10.0 Å². The fourth-order valence-corrected chi connectivity index (χ4v) is 4.00. The maximum atomic E-state index is 12.1. The summed E-state index contributed by atoms with van der Waals surface area (Å²) < 4.78 is 27.0. The molecule has 23 heavy (non-hydrogen) atoms. The Balaban J connectivity index is 1.74. The molecule has 0 radical (unpaired) electrons. The first kappa shape index (κ1) is 15.5. The normalized spacial score (nSPS) is 11.2. The molecular formula is C16H15N3O2S2. The van der Waals surface area contributed by atoms with Crippen molar-refractivity contribution < 1.29 is 8.42 Å². The van der Waals surface area contributed by atoms with Crippen molar-refractivity contribution in [1.29, 1.82) is 0 Å². The molecule has 0 saturated carbocycles. The Kier molecular flexibility index (Phi) is 4.31. The number of anilines is 3. The predicted octanol–water partition coefficient (Wildman–Crippen LogP) is 4.00. The molecule has 0 saturated heterocycles. The van der Waals surface area contributed by atoms with Crippen LogP contribution in [-0.2, 0) is 10.0 Å². The van der Waals surface area contributed by atoms with Crippen LogP contribution in [-0.4, -0.2) is 13.4 Å². The minimum atomic E-state index is -3.56. The summed E-state index contributed by atoms with van der Waals surface area (Å²) in [4.78, 5) is 4.15. The molecule has 118 valence electrons. The third kappa shape index (κ3) is 3.69. The van der Waals surface area contributed by atoms with Gasteiger partial charge in [-0.1, -0.05) is 24.3 Å². The van der Waals surface area contributed by atoms with Gasteiger partial charge in [0.1, 0.15) is 10.0 Å². The topological polar surface area (TPSA) is 71.1 Å². The van der Waals surface area contributed by atoms with Gasteiger partial charge in [0.15, 0.2) is 0 Å². The molecule has 3 rings (SSSR count). The van der Waals surface area contributed by atoms with E-state index < -0.39 is 10.0 Å². The number of para-hydroxylation sites is 1. The molecule has 0 spiro atoms. The second-order valence-electron chi connectivity index (χ2n) is 4.91. The lowest BCUT2D eigenvalue weighted by Gasteiger charge is -2.10. The summed E-state index contributed by atoms with van der Waals surface area (Å²) in [7, 11) is -3.56. The van der Waals surface area contributed by atoms with Crippen LogP contribution in [0, 0.1) is 6.92 Å². The first-order valence-corrected chi connectivity index (χ1v) is 9.26. The van der Waals surface area contributed by atoms with Gasteiger partial charge in [-0.05, 0) is 42.1 Å². The van der Waals surface area contributed by atoms with Crippen LogP contribution in [0.3, 0.4) is 0 Å². The molecule has 7 heteroatoms. The van der Waals surface area contributed by atoms with E-state index in [9.17, 15) is 8.42 Å². The predicted molar refractivity (Wildman–Crippen MR) is 93.8 cm³/mol. The maximum absolute atomic E-state index is 12.1. The van der Waals surface area contributed by atoms with Crippen LogP contribution in [0.15, 0.2) is 64.3 Å². The van der Waals surface area contributed by atoms with Crippen molar-refractivity contribution in [3.63, 3.8) is 0 Å². The summed E-state index contributed by atoms with van der Waals surface area (Å²) in [5, 5.41) is 4.97. The Morgan fingerprint density at radius 1 is 1.04 bits per heavy atom. The van der Waals surface area contributed by atoms with Crippen molar-refractivity contribution in [2.45, 2.75) is 11.1 Å². The number of rotatable bonds is 5. The third-order valence-corrected chi connectivity index (χ3v) is 5.94. The number of aromatic nitrogens is 1. The fraction of sp³-hybridized carbons (Fsp3) is 0.0625. The highest BCUT2D eigenvalue weighted by molar-refractivity contribution is 7.94. The zero-order chi connectivity index (χ0) is 16.3. The van der Waals surface area contributed by atoms with Crippen molar-refractivity contribution in [3.8, 4) is 0 Å². The first-order valence-electron chi connectivity index (χ1n) is 6.90. The van der Waals surface area contributed by atoms with Gasteiger partial charge < -0.3 is 5.32 Å². The van der Waals surface area contributed by atoms with Crippen LogP contribution in [0.4, 0.5) is 17.2 Å². The summed E-state index contributed by atoms with van der Waals surface area (Å²) in [6, 6.07) is 14.6. The minimum absolute atomic E-state index is 0.265. The van der Waals surface area contributed by atoms with Crippen LogP contribution in [0.2, 0.25) is 0 Å². The van der Waals surface area contributed by atoms with E-state index in [0.717, 1.165) is 16.9 Å². The smallest absolute Gasteiger partial charge is 0.272 e. The number of nitrogens with zero attached hydrogens (tertiary/aromatic N) is 1. The molecule has 0 aliphatic heterocycles. The van der Waals surface area contributed by atoms with Gasteiger partial charge in [0.2, 0.25) is 0 Å². The van der Waals surface area contributed by atoms with Crippen molar-refractivity contribution in [2.75, 3.05) is 10.0 Å². The van der Waals surface area contributed by atoms with Crippen LogP contribution >= 0.6 is 11.3 Å². The molecule has 0 aliphatic rings. The fourth-order valence-electron chi connectivity index (χ4n) is 2.00. The summed E-state index contributed by atoms with van der Waals surface area (Å²) >= 11 is 1.17. The number of aryl methyl sites for hydroxylation is 1. The molecular weight excluding hydrogens is 330 g/mol. The van der Waals surface area contributed by atoms with Crippen molar-refractivity contribution in [1.82, 2.24) is 4.98 Å². The number of hydrogen-bond acceptors (Lipinski definition) is 5. The number of pyridine rings is 1. The number of hydrogen-bond donors (Lipinski definition) is 2. The lowest BCUT2D eigenvalue weighted by Crippen LogP contribution is -2.12. The number of benzene rings is 1. The van der Waals surface area contributed by atoms with Gasteiger partial charge >= 0.3 is 0 Å². The Morgan fingerprint density at radius 2 is 1.87 bits per heavy atom. The largest absolute Gasteiger partial charge is 0.354 e. The highest BCUT2D eigenvalue weighted by atomic mass is 32.2. The minimum Gasteiger partial charge on any atom is -0.354 e. The molecule has 5 nitrogen and oxygen atoms in total. The Morgan fingerprint density at radius 3 is 2.52 bits per heavy atom. The van der Waals surface area contributed by atoms with E-state index in [1.807, 2.05) is 31.2 Å². The highest BCUT2D eigenvalue weighted by Crippen LogP contribution is 2.22. The second kappa shape index (κ2) is 6.39. The van der Waals surface area contributed by atoms with Gasteiger partial charge in [-0.15, -0.1) is 11.3 Å². The Labute approximate surface area is 139 Å². The van der Waals surface area contributed by atoms with Gasteiger partial charge in [-0.3, -0.25) is 4.72 Å². The summed E-state index contributed by atoms with van der Waals surface area (Å²) in [6.45, 7) is 2.01. The second-order valence-corrected chi connectivity index (χ2v) is 7.77. The standard InChI is InChI=1S/C16H15N3O2S2/c1-12-5-2-3-6-14(12)18-13-8-9-15(17-11-13)19-23(20,21)16-7-4-10-22-16/h2-11,18H,1H3,(H,17,19). The Bertz CT molecular complexity index is 889. The summed E-state index contributed by atoms with van der Waals surface area (Å²) in [6.07, 6.45) is 1.60. The lowest BCUT2D eigenvalue weighted by atomic mass is 10.2. The molecule has 0 atom stereocenters.